The Kier molecular flexibility index (Phi) is 4.95. The molecular weight excluding hydrogens is 375 g/mol. The molecule has 2 fully saturated rings. The topological polar surface area (TPSA) is 67.6 Å². The maximum absolute atomic E-state index is 13.5. The molecule has 1 N–H and O–H groups in total. The summed E-state index contributed by atoms with van der Waals surface area (Å²) in [6, 6.07) is 2.94. The van der Waals surface area contributed by atoms with E-state index in [2.05, 4.69) is 9.88 Å². The highest BCUT2D eigenvalue weighted by Gasteiger charge is 2.39. The molecule has 0 bridgehead atoms. The quantitative estimate of drug-likeness (QED) is 0.845. The van der Waals surface area contributed by atoms with Crippen LogP contribution in [0.5, 0.6) is 0 Å². The first-order valence-corrected chi connectivity index (χ1v) is 9.55. The Balaban J connectivity index is 1.93. The third-order valence-corrected chi connectivity index (χ3v) is 5.56. The molecule has 1 aliphatic heterocycles. The molecule has 0 atom stereocenters. The van der Waals surface area contributed by atoms with E-state index in [0.717, 1.165) is 44.0 Å². The number of pyridine rings is 1. The van der Waals surface area contributed by atoms with Crippen molar-refractivity contribution in [3.05, 3.63) is 23.4 Å². The molecule has 3 heterocycles. The van der Waals surface area contributed by atoms with Crippen molar-refractivity contribution >= 4 is 22.8 Å². The molecule has 2 aliphatic rings. The number of carboxylic acid groups (broad SMARTS) is 1. The first-order chi connectivity index (χ1) is 13.4. The number of hydrogen-bond acceptors (Lipinski definition) is 4. The molecule has 2 aromatic rings. The second-order valence-corrected chi connectivity index (χ2v) is 7.36. The number of alkyl halides is 3. The van der Waals surface area contributed by atoms with Gasteiger partial charge in [0, 0.05) is 24.5 Å². The van der Waals surface area contributed by atoms with Crippen LogP contribution in [0, 0.1) is 0 Å². The predicted molar refractivity (Wildman–Crippen MR) is 96.8 cm³/mol. The van der Waals surface area contributed by atoms with E-state index >= 15 is 0 Å². The van der Waals surface area contributed by atoms with Crippen LogP contribution in [-0.2, 0) is 10.9 Å². The number of fused-ring (bicyclic) bond motifs is 1. The molecule has 0 amide bonds. The molecule has 0 spiro atoms. The van der Waals surface area contributed by atoms with Crippen LogP contribution in [0.1, 0.15) is 54.2 Å². The van der Waals surface area contributed by atoms with Crippen LogP contribution >= 0.6 is 0 Å². The molecular formula is C19H22F3N3O3. The first kappa shape index (κ1) is 19.0. The smallest absolute Gasteiger partial charge is 0.434 e. The van der Waals surface area contributed by atoms with Gasteiger partial charge in [-0.15, -0.1) is 0 Å². The monoisotopic (exact) mass is 397 g/mol. The fourth-order valence-corrected chi connectivity index (χ4v) is 4.25. The van der Waals surface area contributed by atoms with Gasteiger partial charge in [0.2, 0.25) is 0 Å². The second kappa shape index (κ2) is 7.27. The highest BCUT2D eigenvalue weighted by Crippen LogP contribution is 2.39. The lowest BCUT2D eigenvalue weighted by molar-refractivity contribution is -0.141. The number of ether oxygens (including phenoxy) is 1. The minimum atomic E-state index is -4.83. The van der Waals surface area contributed by atoms with Gasteiger partial charge in [0.15, 0.2) is 5.69 Å². The van der Waals surface area contributed by atoms with Crippen LogP contribution < -0.4 is 4.90 Å². The number of morpholine rings is 1. The highest BCUT2D eigenvalue weighted by atomic mass is 19.4. The van der Waals surface area contributed by atoms with Crippen LogP contribution in [0.4, 0.5) is 19.0 Å². The van der Waals surface area contributed by atoms with Gasteiger partial charge in [-0.25, -0.2) is 9.78 Å². The zero-order valence-corrected chi connectivity index (χ0v) is 15.3. The summed E-state index contributed by atoms with van der Waals surface area (Å²) in [6.07, 6.45) is 0.0871. The molecule has 0 unspecified atom stereocenters. The molecule has 1 aliphatic carbocycles. The van der Waals surface area contributed by atoms with E-state index in [0.29, 0.717) is 31.7 Å². The van der Waals surface area contributed by atoms with Crippen LogP contribution in [0.25, 0.3) is 11.0 Å². The number of hydrogen-bond donors (Lipinski definition) is 1. The second-order valence-electron chi connectivity index (χ2n) is 7.36. The average molecular weight is 397 g/mol. The maximum atomic E-state index is 13.5. The summed E-state index contributed by atoms with van der Waals surface area (Å²) in [7, 11) is 0. The number of aromatic carboxylic acids is 1. The van der Waals surface area contributed by atoms with Gasteiger partial charge < -0.3 is 19.3 Å². The Hall–Kier alpha value is -2.29. The SMILES string of the molecule is O=C(O)c1cc2cc(N3CCOCC3)n(C3CCCCC3)c2nc1C(F)(F)F. The molecule has 152 valence electrons. The summed E-state index contributed by atoms with van der Waals surface area (Å²) >= 11 is 0. The Morgan fingerprint density at radius 2 is 1.82 bits per heavy atom. The standard InChI is InChI=1S/C19H22F3N3O3/c20-19(21,22)16-14(18(26)27)10-12-11-15(24-6-8-28-9-7-24)25(17(12)23-16)13-4-2-1-3-5-13/h10-11,13H,1-9H2,(H,26,27). The Labute approximate surface area is 159 Å². The van der Waals surface area contributed by atoms with Crippen LogP contribution in [-0.4, -0.2) is 46.9 Å². The fraction of sp³-hybridized carbons (Fsp3) is 0.579. The fourth-order valence-electron chi connectivity index (χ4n) is 4.25. The van der Waals surface area contributed by atoms with E-state index in [1.54, 1.807) is 6.07 Å². The largest absolute Gasteiger partial charge is 0.478 e. The number of carboxylic acids is 1. The van der Waals surface area contributed by atoms with E-state index in [1.807, 2.05) is 4.57 Å². The molecule has 28 heavy (non-hydrogen) atoms. The van der Waals surface area contributed by atoms with Crippen molar-refractivity contribution in [2.45, 2.75) is 44.3 Å². The first-order valence-electron chi connectivity index (χ1n) is 9.55. The summed E-state index contributed by atoms with van der Waals surface area (Å²) < 4.78 is 47.8. The summed E-state index contributed by atoms with van der Waals surface area (Å²) in [5.74, 6) is -0.826. The average Bonchev–Trinajstić information content (AvgIpc) is 3.06. The number of carbonyl (C=O) groups is 1. The summed E-state index contributed by atoms with van der Waals surface area (Å²) in [4.78, 5) is 17.4. The Morgan fingerprint density at radius 3 is 2.43 bits per heavy atom. The third kappa shape index (κ3) is 3.43. The lowest BCUT2D eigenvalue weighted by atomic mass is 9.95. The molecule has 0 radical (unpaired) electrons. The van der Waals surface area contributed by atoms with Crippen molar-refractivity contribution < 1.29 is 27.8 Å². The van der Waals surface area contributed by atoms with E-state index in [4.69, 9.17) is 4.74 Å². The van der Waals surface area contributed by atoms with Gasteiger partial charge in [-0.3, -0.25) is 0 Å². The number of rotatable bonds is 3. The van der Waals surface area contributed by atoms with Gasteiger partial charge in [-0.05, 0) is 25.0 Å². The summed E-state index contributed by atoms with van der Waals surface area (Å²) in [6.45, 7) is 2.38. The van der Waals surface area contributed by atoms with Crippen molar-refractivity contribution in [2.75, 3.05) is 31.2 Å². The molecule has 1 saturated heterocycles. The van der Waals surface area contributed by atoms with Gasteiger partial charge in [-0.1, -0.05) is 19.3 Å². The van der Waals surface area contributed by atoms with Crippen molar-refractivity contribution in [2.24, 2.45) is 0 Å². The van der Waals surface area contributed by atoms with Gasteiger partial charge >= 0.3 is 12.1 Å². The maximum Gasteiger partial charge on any atom is 0.434 e. The van der Waals surface area contributed by atoms with E-state index in [-0.39, 0.29) is 11.7 Å². The van der Waals surface area contributed by atoms with Gasteiger partial charge in [0.05, 0.1) is 18.8 Å². The van der Waals surface area contributed by atoms with E-state index in [9.17, 15) is 23.1 Å². The Morgan fingerprint density at radius 1 is 1.14 bits per heavy atom. The molecule has 9 heteroatoms. The lowest BCUT2D eigenvalue weighted by Gasteiger charge is -2.33. The predicted octanol–water partition coefficient (Wildman–Crippen LogP) is 4.10. The number of nitrogens with zero attached hydrogens (tertiary/aromatic N) is 3. The molecule has 6 nitrogen and oxygen atoms in total. The minimum Gasteiger partial charge on any atom is -0.478 e. The number of anilines is 1. The van der Waals surface area contributed by atoms with Gasteiger partial charge in [0.25, 0.3) is 0 Å². The zero-order valence-electron chi connectivity index (χ0n) is 15.3. The summed E-state index contributed by atoms with van der Waals surface area (Å²) in [5.41, 5.74) is -1.93. The van der Waals surface area contributed by atoms with Crippen LogP contribution in [0.3, 0.4) is 0 Å². The van der Waals surface area contributed by atoms with Gasteiger partial charge in [-0.2, -0.15) is 13.2 Å². The summed E-state index contributed by atoms with van der Waals surface area (Å²) in [5, 5.41) is 9.72. The normalized spacial score (nSPS) is 19.3. The minimum absolute atomic E-state index is 0.0633. The van der Waals surface area contributed by atoms with Crippen molar-refractivity contribution in [3.8, 4) is 0 Å². The number of aromatic nitrogens is 2. The van der Waals surface area contributed by atoms with E-state index < -0.39 is 23.4 Å². The van der Waals surface area contributed by atoms with Crippen molar-refractivity contribution in [1.29, 1.82) is 0 Å². The third-order valence-electron chi connectivity index (χ3n) is 5.56. The van der Waals surface area contributed by atoms with Crippen LogP contribution in [0.2, 0.25) is 0 Å². The molecule has 2 aromatic heterocycles. The van der Waals surface area contributed by atoms with E-state index in [1.165, 1.54) is 0 Å². The van der Waals surface area contributed by atoms with Crippen molar-refractivity contribution in [1.82, 2.24) is 9.55 Å². The zero-order chi connectivity index (χ0) is 19.9. The van der Waals surface area contributed by atoms with Gasteiger partial charge in [0.1, 0.15) is 11.5 Å². The molecule has 4 rings (SSSR count). The molecule has 0 aromatic carbocycles. The number of halogens is 3. The Bertz CT molecular complexity index is 882. The highest BCUT2D eigenvalue weighted by molar-refractivity contribution is 5.95. The van der Waals surface area contributed by atoms with Crippen LogP contribution in [0.15, 0.2) is 12.1 Å². The molecule has 1 saturated carbocycles. The van der Waals surface area contributed by atoms with Crippen molar-refractivity contribution in [3.63, 3.8) is 0 Å². The lowest BCUT2D eigenvalue weighted by Crippen LogP contribution is -2.38.